The van der Waals surface area contributed by atoms with Crippen molar-refractivity contribution in [3.05, 3.63) is 22.7 Å². The van der Waals surface area contributed by atoms with Crippen LogP contribution in [0.5, 0.6) is 5.75 Å². The Hall–Kier alpha value is -0.750. The molecule has 0 amide bonds. The van der Waals surface area contributed by atoms with E-state index in [-0.39, 0.29) is 5.75 Å². The van der Waals surface area contributed by atoms with Gasteiger partial charge in [0.1, 0.15) is 5.75 Å². The second kappa shape index (κ2) is 5.48. The minimum Gasteiger partial charge on any atom is -0.492 e. The van der Waals surface area contributed by atoms with Gasteiger partial charge in [0, 0.05) is 5.69 Å². The highest BCUT2D eigenvalue weighted by Crippen LogP contribution is 2.33. The number of hydrogen-bond acceptors (Lipinski definition) is 3. The molecule has 0 radical (unpaired) electrons. The number of benzene rings is 1. The molecule has 1 aliphatic rings. The van der Waals surface area contributed by atoms with E-state index in [4.69, 9.17) is 4.74 Å². The number of rotatable bonds is 6. The maximum Gasteiger partial charge on any atom is 0.232 e. The lowest BCUT2D eigenvalue weighted by molar-refractivity contribution is 0.298. The first kappa shape index (κ1) is 13.7. The van der Waals surface area contributed by atoms with Crippen LogP contribution in [-0.2, 0) is 10.0 Å². The van der Waals surface area contributed by atoms with Gasteiger partial charge in [-0.25, -0.2) is 8.42 Å². The first-order chi connectivity index (χ1) is 8.50. The Labute approximate surface area is 116 Å². The monoisotopic (exact) mass is 333 g/mol. The van der Waals surface area contributed by atoms with E-state index < -0.39 is 10.0 Å². The Morgan fingerprint density at radius 1 is 1.44 bits per heavy atom. The predicted molar refractivity (Wildman–Crippen MR) is 75.4 cm³/mol. The Morgan fingerprint density at radius 3 is 2.72 bits per heavy atom. The van der Waals surface area contributed by atoms with E-state index in [1.807, 2.05) is 0 Å². The van der Waals surface area contributed by atoms with Crippen molar-refractivity contribution in [1.29, 1.82) is 0 Å². The fourth-order valence-corrected chi connectivity index (χ4v) is 2.55. The third-order valence-corrected chi connectivity index (χ3v) is 4.68. The summed E-state index contributed by atoms with van der Waals surface area (Å²) in [5, 5.41) is 0. The molecule has 1 aliphatic carbocycles. The smallest absolute Gasteiger partial charge is 0.232 e. The summed E-state index contributed by atoms with van der Waals surface area (Å²) in [5.74, 6) is 1.50. The fourth-order valence-electron chi connectivity index (χ4n) is 1.43. The van der Waals surface area contributed by atoms with Crippen molar-refractivity contribution < 1.29 is 13.2 Å². The van der Waals surface area contributed by atoms with Crippen molar-refractivity contribution in [2.45, 2.75) is 19.8 Å². The van der Waals surface area contributed by atoms with Crippen LogP contribution in [-0.4, -0.2) is 20.8 Å². The molecular formula is C12H16BrNO3S. The molecule has 0 unspecified atom stereocenters. The summed E-state index contributed by atoms with van der Waals surface area (Å²) in [5.41, 5.74) is 0.544. The third kappa shape index (κ3) is 3.88. The Morgan fingerprint density at radius 2 is 2.17 bits per heavy atom. The summed E-state index contributed by atoms with van der Waals surface area (Å²) >= 11 is 3.39. The molecule has 0 bridgehead atoms. The lowest BCUT2D eigenvalue weighted by Gasteiger charge is -2.10. The van der Waals surface area contributed by atoms with Crippen molar-refractivity contribution in [2.75, 3.05) is 17.1 Å². The van der Waals surface area contributed by atoms with Crippen LogP contribution in [0.4, 0.5) is 5.69 Å². The molecule has 0 spiro atoms. The molecule has 2 rings (SSSR count). The normalized spacial score (nSPS) is 15.4. The largest absolute Gasteiger partial charge is 0.492 e. The minimum absolute atomic E-state index is 0.0601. The average Bonchev–Trinajstić information content (AvgIpc) is 3.11. The first-order valence-electron chi connectivity index (χ1n) is 5.93. The van der Waals surface area contributed by atoms with Gasteiger partial charge in [-0.2, -0.15) is 0 Å². The average molecular weight is 334 g/mol. The summed E-state index contributed by atoms with van der Waals surface area (Å²) < 4.78 is 31.8. The number of ether oxygens (including phenoxy) is 1. The van der Waals surface area contributed by atoms with Gasteiger partial charge >= 0.3 is 0 Å². The van der Waals surface area contributed by atoms with Crippen LogP contribution >= 0.6 is 15.9 Å². The van der Waals surface area contributed by atoms with Crippen LogP contribution in [0.15, 0.2) is 22.7 Å². The molecular weight excluding hydrogens is 318 g/mol. The maximum atomic E-state index is 11.4. The maximum absolute atomic E-state index is 11.4. The highest BCUT2D eigenvalue weighted by Gasteiger charge is 2.22. The van der Waals surface area contributed by atoms with E-state index in [2.05, 4.69) is 20.7 Å². The van der Waals surface area contributed by atoms with Gasteiger partial charge in [-0.1, -0.05) is 0 Å². The third-order valence-electron chi connectivity index (χ3n) is 2.76. The van der Waals surface area contributed by atoms with Crippen LogP contribution in [0.2, 0.25) is 0 Å². The molecule has 0 aromatic heterocycles. The van der Waals surface area contributed by atoms with Crippen molar-refractivity contribution in [2.24, 2.45) is 5.92 Å². The van der Waals surface area contributed by atoms with Crippen molar-refractivity contribution in [3.63, 3.8) is 0 Å². The predicted octanol–water partition coefficient (Wildman–Crippen LogP) is 3.00. The number of anilines is 1. The second-order valence-corrected chi connectivity index (χ2v) is 7.27. The van der Waals surface area contributed by atoms with E-state index in [0.717, 1.165) is 16.8 Å². The minimum atomic E-state index is -3.23. The standard InChI is InChI=1S/C12H16BrNO3S/c1-2-18(15,16)14-10-5-6-12(11(13)7-10)17-8-9-3-4-9/h5-7,9,14H,2-4,8H2,1H3. The first-order valence-corrected chi connectivity index (χ1v) is 8.37. The lowest BCUT2D eigenvalue weighted by atomic mass is 10.3. The zero-order valence-corrected chi connectivity index (χ0v) is 12.6. The van der Waals surface area contributed by atoms with Gasteiger partial charge in [0.25, 0.3) is 0 Å². The van der Waals surface area contributed by atoms with Gasteiger partial charge < -0.3 is 4.74 Å². The molecule has 0 atom stereocenters. The van der Waals surface area contributed by atoms with Crippen molar-refractivity contribution in [1.82, 2.24) is 0 Å². The van der Waals surface area contributed by atoms with Crippen LogP contribution in [0, 0.1) is 5.92 Å². The molecule has 1 aromatic rings. The molecule has 1 aromatic carbocycles. The molecule has 1 N–H and O–H groups in total. The van der Waals surface area contributed by atoms with Crippen LogP contribution in [0.25, 0.3) is 0 Å². The van der Waals surface area contributed by atoms with E-state index in [0.29, 0.717) is 11.6 Å². The molecule has 6 heteroatoms. The molecule has 0 heterocycles. The summed E-state index contributed by atoms with van der Waals surface area (Å²) in [6.07, 6.45) is 2.48. The number of sulfonamides is 1. The summed E-state index contributed by atoms with van der Waals surface area (Å²) in [7, 11) is -3.23. The van der Waals surface area contributed by atoms with E-state index in [9.17, 15) is 8.42 Å². The highest BCUT2D eigenvalue weighted by molar-refractivity contribution is 9.10. The van der Waals surface area contributed by atoms with Gasteiger partial charge in [0.2, 0.25) is 10.0 Å². The number of halogens is 1. The molecule has 0 aliphatic heterocycles. The van der Waals surface area contributed by atoms with Gasteiger partial charge in [-0.15, -0.1) is 0 Å². The Bertz CT molecular complexity index is 526. The molecule has 4 nitrogen and oxygen atoms in total. The number of hydrogen-bond donors (Lipinski definition) is 1. The van der Waals surface area contributed by atoms with Crippen molar-refractivity contribution >= 4 is 31.6 Å². The highest BCUT2D eigenvalue weighted by atomic mass is 79.9. The zero-order valence-electron chi connectivity index (χ0n) is 10.1. The Balaban J connectivity index is 2.03. The summed E-state index contributed by atoms with van der Waals surface area (Å²) in [4.78, 5) is 0. The molecule has 18 heavy (non-hydrogen) atoms. The summed E-state index contributed by atoms with van der Waals surface area (Å²) in [6, 6.07) is 5.20. The van der Waals surface area contributed by atoms with Gasteiger partial charge in [-0.3, -0.25) is 4.72 Å². The summed E-state index contributed by atoms with van der Waals surface area (Å²) in [6.45, 7) is 2.34. The molecule has 1 fully saturated rings. The molecule has 1 saturated carbocycles. The Kier molecular flexibility index (Phi) is 4.17. The quantitative estimate of drug-likeness (QED) is 0.870. The van der Waals surface area contributed by atoms with Crippen LogP contribution in [0.3, 0.4) is 0 Å². The van der Waals surface area contributed by atoms with Gasteiger partial charge in [-0.05, 0) is 59.8 Å². The number of nitrogens with one attached hydrogen (secondary N) is 1. The van der Waals surface area contributed by atoms with Gasteiger partial charge in [0.15, 0.2) is 0 Å². The van der Waals surface area contributed by atoms with E-state index in [1.165, 1.54) is 12.8 Å². The van der Waals surface area contributed by atoms with E-state index >= 15 is 0 Å². The van der Waals surface area contributed by atoms with Crippen LogP contribution in [0.1, 0.15) is 19.8 Å². The topological polar surface area (TPSA) is 55.4 Å². The zero-order chi connectivity index (χ0) is 13.2. The lowest BCUT2D eigenvalue weighted by Crippen LogP contribution is -2.14. The van der Waals surface area contributed by atoms with Gasteiger partial charge in [0.05, 0.1) is 16.8 Å². The molecule has 100 valence electrons. The van der Waals surface area contributed by atoms with Crippen molar-refractivity contribution in [3.8, 4) is 5.75 Å². The molecule has 0 saturated heterocycles. The SMILES string of the molecule is CCS(=O)(=O)Nc1ccc(OCC2CC2)c(Br)c1. The van der Waals surface area contributed by atoms with Crippen LogP contribution < -0.4 is 9.46 Å². The second-order valence-electron chi connectivity index (χ2n) is 4.41. The van der Waals surface area contributed by atoms with E-state index in [1.54, 1.807) is 25.1 Å². The fraction of sp³-hybridized carbons (Fsp3) is 0.500.